The van der Waals surface area contributed by atoms with E-state index in [1.807, 2.05) is 24.3 Å². The number of likely N-dealkylation sites (N-methyl/N-ethyl adjacent to an activating group) is 1. The molecule has 1 aliphatic heterocycles. The maximum atomic E-state index is 5.59. The molecule has 2 heterocycles. The van der Waals surface area contributed by atoms with Crippen LogP contribution in [0.4, 0.5) is 0 Å². The zero-order valence-corrected chi connectivity index (χ0v) is 11.9. The number of thiocarbonyl (C=S) groups is 1. The highest BCUT2D eigenvalue weighted by Crippen LogP contribution is 2.14. The fraction of sp³-hybridized carbons (Fsp3) is 0.333. The van der Waals surface area contributed by atoms with Crippen molar-refractivity contribution in [3.63, 3.8) is 0 Å². The van der Waals surface area contributed by atoms with Crippen LogP contribution in [0.3, 0.4) is 0 Å². The lowest BCUT2D eigenvalue weighted by Gasteiger charge is -2.33. The standard InChI is InChI=1S/C15H17N3S/c1-17-8-10-18(11-9-17)15(19)14-7-6-12-4-2-3-5-13(12)16-14/h2-7H,8-11H2,1H3. The second-order valence-electron chi connectivity index (χ2n) is 4.98. The number of hydrogen-bond donors (Lipinski definition) is 0. The molecule has 0 radical (unpaired) electrons. The van der Waals surface area contributed by atoms with Gasteiger partial charge >= 0.3 is 0 Å². The van der Waals surface area contributed by atoms with Crippen LogP contribution in [0.5, 0.6) is 0 Å². The number of para-hydroxylation sites is 1. The minimum atomic E-state index is 0.874. The van der Waals surface area contributed by atoms with Crippen LogP contribution < -0.4 is 0 Å². The number of rotatable bonds is 1. The van der Waals surface area contributed by atoms with E-state index in [1.54, 1.807) is 0 Å². The second kappa shape index (κ2) is 5.23. The topological polar surface area (TPSA) is 19.4 Å². The summed E-state index contributed by atoms with van der Waals surface area (Å²) >= 11 is 5.59. The molecule has 0 bridgehead atoms. The molecule has 3 nitrogen and oxygen atoms in total. The van der Waals surface area contributed by atoms with E-state index >= 15 is 0 Å². The van der Waals surface area contributed by atoms with Gasteiger partial charge in [-0.3, -0.25) is 0 Å². The van der Waals surface area contributed by atoms with Gasteiger partial charge in [0.2, 0.25) is 0 Å². The third kappa shape index (κ3) is 2.60. The Hall–Kier alpha value is -1.52. The highest BCUT2D eigenvalue weighted by molar-refractivity contribution is 7.80. The summed E-state index contributed by atoms with van der Waals surface area (Å²) in [6, 6.07) is 12.3. The lowest BCUT2D eigenvalue weighted by Crippen LogP contribution is -2.47. The zero-order chi connectivity index (χ0) is 13.2. The van der Waals surface area contributed by atoms with E-state index in [2.05, 4.69) is 34.0 Å². The fourth-order valence-corrected chi connectivity index (χ4v) is 2.65. The van der Waals surface area contributed by atoms with E-state index in [4.69, 9.17) is 12.2 Å². The molecule has 0 N–H and O–H groups in total. The van der Waals surface area contributed by atoms with Gasteiger partial charge < -0.3 is 9.80 Å². The Kier molecular flexibility index (Phi) is 3.44. The summed E-state index contributed by atoms with van der Waals surface area (Å²) in [4.78, 5) is 10.1. The summed E-state index contributed by atoms with van der Waals surface area (Å²) < 4.78 is 0. The lowest BCUT2D eigenvalue weighted by atomic mass is 10.2. The van der Waals surface area contributed by atoms with Gasteiger partial charge in [0, 0.05) is 31.6 Å². The number of piperazine rings is 1. The molecule has 0 saturated carbocycles. The summed E-state index contributed by atoms with van der Waals surface area (Å²) in [7, 11) is 2.15. The van der Waals surface area contributed by atoms with E-state index in [0.717, 1.165) is 47.8 Å². The second-order valence-corrected chi connectivity index (χ2v) is 5.37. The molecule has 2 aromatic rings. The number of nitrogens with zero attached hydrogens (tertiary/aromatic N) is 3. The van der Waals surface area contributed by atoms with Crippen molar-refractivity contribution in [2.45, 2.75) is 0 Å². The summed E-state index contributed by atoms with van der Waals surface area (Å²) in [5.74, 6) is 0. The number of fused-ring (bicyclic) bond motifs is 1. The SMILES string of the molecule is CN1CCN(C(=S)c2ccc3ccccc3n2)CC1. The molecule has 1 aromatic heterocycles. The highest BCUT2D eigenvalue weighted by atomic mass is 32.1. The number of aromatic nitrogens is 1. The molecule has 0 spiro atoms. The van der Waals surface area contributed by atoms with E-state index in [9.17, 15) is 0 Å². The molecule has 1 aromatic carbocycles. The van der Waals surface area contributed by atoms with Crippen LogP contribution in [-0.4, -0.2) is 53.0 Å². The summed E-state index contributed by atoms with van der Waals surface area (Å²) in [5, 5.41) is 1.16. The maximum Gasteiger partial charge on any atom is 0.127 e. The first-order chi connectivity index (χ1) is 9.24. The highest BCUT2D eigenvalue weighted by Gasteiger charge is 2.18. The van der Waals surface area contributed by atoms with Crippen molar-refractivity contribution in [2.24, 2.45) is 0 Å². The molecule has 1 aliphatic rings. The molecule has 98 valence electrons. The molecule has 3 rings (SSSR count). The third-order valence-electron chi connectivity index (χ3n) is 3.61. The Morgan fingerprint density at radius 1 is 1.05 bits per heavy atom. The van der Waals surface area contributed by atoms with Gasteiger partial charge in [-0.05, 0) is 19.2 Å². The van der Waals surface area contributed by atoms with Crippen molar-refractivity contribution in [3.05, 3.63) is 42.1 Å². The predicted molar refractivity (Wildman–Crippen MR) is 82.5 cm³/mol. The third-order valence-corrected chi connectivity index (χ3v) is 4.08. The normalized spacial score (nSPS) is 16.8. The monoisotopic (exact) mass is 271 g/mol. The number of pyridine rings is 1. The predicted octanol–water partition coefficient (Wildman–Crippen LogP) is 2.16. The summed E-state index contributed by atoms with van der Waals surface area (Å²) in [6.07, 6.45) is 0. The van der Waals surface area contributed by atoms with Gasteiger partial charge in [-0.2, -0.15) is 0 Å². The molecule has 0 atom stereocenters. The Morgan fingerprint density at radius 3 is 2.58 bits per heavy atom. The molecule has 1 fully saturated rings. The average Bonchev–Trinajstić information content (AvgIpc) is 2.47. The Labute approximate surface area is 118 Å². The van der Waals surface area contributed by atoms with Crippen molar-refractivity contribution in [3.8, 4) is 0 Å². The van der Waals surface area contributed by atoms with E-state index in [-0.39, 0.29) is 0 Å². The van der Waals surface area contributed by atoms with Crippen LogP contribution in [0.1, 0.15) is 5.69 Å². The van der Waals surface area contributed by atoms with Crippen LogP contribution in [0.2, 0.25) is 0 Å². The van der Waals surface area contributed by atoms with Crippen molar-refractivity contribution >= 4 is 28.1 Å². The van der Waals surface area contributed by atoms with Gasteiger partial charge in [-0.25, -0.2) is 4.98 Å². The van der Waals surface area contributed by atoms with Gasteiger partial charge in [-0.1, -0.05) is 36.5 Å². The van der Waals surface area contributed by atoms with Gasteiger partial charge in [0.15, 0.2) is 0 Å². The summed E-state index contributed by atoms with van der Waals surface area (Å²) in [6.45, 7) is 4.11. The molecule has 1 saturated heterocycles. The molecule has 19 heavy (non-hydrogen) atoms. The first-order valence-electron chi connectivity index (χ1n) is 6.58. The van der Waals surface area contributed by atoms with Crippen LogP contribution >= 0.6 is 12.2 Å². The minimum Gasteiger partial charge on any atom is -0.358 e. The lowest BCUT2D eigenvalue weighted by molar-refractivity contribution is 0.217. The molecule has 0 aliphatic carbocycles. The van der Waals surface area contributed by atoms with Crippen LogP contribution in [0, 0.1) is 0 Å². The molecular weight excluding hydrogens is 254 g/mol. The molecular formula is C15H17N3S. The van der Waals surface area contributed by atoms with Gasteiger partial charge in [0.1, 0.15) is 4.99 Å². The first-order valence-corrected chi connectivity index (χ1v) is 6.98. The number of benzene rings is 1. The molecule has 0 amide bonds. The van der Waals surface area contributed by atoms with Crippen LogP contribution in [-0.2, 0) is 0 Å². The smallest absolute Gasteiger partial charge is 0.127 e. The van der Waals surface area contributed by atoms with Crippen molar-refractivity contribution in [1.29, 1.82) is 0 Å². The van der Waals surface area contributed by atoms with Gasteiger partial charge in [0.05, 0.1) is 11.2 Å². The average molecular weight is 271 g/mol. The largest absolute Gasteiger partial charge is 0.358 e. The van der Waals surface area contributed by atoms with Gasteiger partial charge in [-0.15, -0.1) is 0 Å². The maximum absolute atomic E-state index is 5.59. The Balaban J connectivity index is 1.85. The van der Waals surface area contributed by atoms with E-state index in [1.165, 1.54) is 0 Å². The quantitative estimate of drug-likeness (QED) is 0.740. The molecule has 0 unspecified atom stereocenters. The van der Waals surface area contributed by atoms with Crippen molar-refractivity contribution < 1.29 is 0 Å². The van der Waals surface area contributed by atoms with Crippen LogP contribution in [0.25, 0.3) is 10.9 Å². The Bertz CT molecular complexity index is 603. The first kappa shape index (κ1) is 12.5. The van der Waals surface area contributed by atoms with E-state index < -0.39 is 0 Å². The van der Waals surface area contributed by atoms with Crippen molar-refractivity contribution in [2.75, 3.05) is 33.2 Å². The van der Waals surface area contributed by atoms with Crippen LogP contribution in [0.15, 0.2) is 36.4 Å². The van der Waals surface area contributed by atoms with E-state index in [0.29, 0.717) is 0 Å². The van der Waals surface area contributed by atoms with Gasteiger partial charge in [0.25, 0.3) is 0 Å². The van der Waals surface area contributed by atoms with Crippen molar-refractivity contribution in [1.82, 2.24) is 14.8 Å². The Morgan fingerprint density at radius 2 is 1.79 bits per heavy atom. The molecule has 4 heteroatoms. The zero-order valence-electron chi connectivity index (χ0n) is 11.0. The minimum absolute atomic E-state index is 0.874. The summed E-state index contributed by atoms with van der Waals surface area (Å²) in [5.41, 5.74) is 1.93. The number of hydrogen-bond acceptors (Lipinski definition) is 3. The fourth-order valence-electron chi connectivity index (χ4n) is 2.36.